The van der Waals surface area contributed by atoms with Crippen LogP contribution in [0.5, 0.6) is 0 Å². The van der Waals surface area contributed by atoms with Gasteiger partial charge in [0.15, 0.2) is 0 Å². The van der Waals surface area contributed by atoms with Crippen molar-refractivity contribution in [2.24, 2.45) is 0 Å². The summed E-state index contributed by atoms with van der Waals surface area (Å²) >= 11 is 0. The van der Waals surface area contributed by atoms with Crippen molar-refractivity contribution in [3.63, 3.8) is 0 Å². The van der Waals surface area contributed by atoms with Crippen molar-refractivity contribution in [1.82, 2.24) is 15.1 Å². The van der Waals surface area contributed by atoms with E-state index in [1.54, 1.807) is 0 Å². The topological polar surface area (TPSA) is 35.6 Å². The molecule has 1 N–H and O–H groups in total. The molecule has 4 nitrogen and oxygen atoms in total. The van der Waals surface area contributed by atoms with Gasteiger partial charge in [-0.1, -0.05) is 37.3 Å². The lowest BCUT2D eigenvalue weighted by molar-refractivity contribution is -0.132. The lowest BCUT2D eigenvalue weighted by Crippen LogP contribution is -2.47. The summed E-state index contributed by atoms with van der Waals surface area (Å²) < 4.78 is 0. The van der Waals surface area contributed by atoms with Crippen LogP contribution in [0.3, 0.4) is 0 Å². The summed E-state index contributed by atoms with van der Waals surface area (Å²) in [5.74, 6) is 0.297. The Morgan fingerprint density at radius 3 is 2.50 bits per heavy atom. The first-order valence-electron chi connectivity index (χ1n) is 8.04. The Bertz CT molecular complexity index is 421. The average molecular weight is 326 g/mol. The van der Waals surface area contributed by atoms with Gasteiger partial charge in [0.25, 0.3) is 0 Å². The molecule has 0 spiro atoms. The third-order valence-electron chi connectivity index (χ3n) is 3.90. The highest BCUT2D eigenvalue weighted by Gasteiger charge is 2.17. The molecule has 0 radical (unpaired) electrons. The van der Waals surface area contributed by atoms with Crippen molar-refractivity contribution in [2.75, 3.05) is 39.3 Å². The Morgan fingerprint density at radius 2 is 1.86 bits per heavy atom. The number of benzene rings is 1. The van der Waals surface area contributed by atoms with Gasteiger partial charge < -0.3 is 10.2 Å². The van der Waals surface area contributed by atoms with E-state index in [-0.39, 0.29) is 12.4 Å². The lowest BCUT2D eigenvalue weighted by Gasteiger charge is -2.29. The van der Waals surface area contributed by atoms with Gasteiger partial charge in [-0.3, -0.25) is 9.69 Å². The largest absolute Gasteiger partial charge is 0.340 e. The number of carbonyl (C=O) groups excluding carboxylic acids is 1. The van der Waals surface area contributed by atoms with Crippen LogP contribution in [0.1, 0.15) is 25.3 Å². The molecule has 1 aliphatic heterocycles. The molecule has 124 valence electrons. The van der Waals surface area contributed by atoms with E-state index < -0.39 is 0 Å². The number of rotatable bonds is 7. The molecule has 1 aliphatic rings. The number of nitrogens with one attached hydrogen (secondary N) is 1. The Kier molecular flexibility index (Phi) is 9.13. The highest BCUT2D eigenvalue weighted by Crippen LogP contribution is 2.07. The summed E-state index contributed by atoms with van der Waals surface area (Å²) in [5.41, 5.74) is 1.32. The molecule has 1 aromatic carbocycles. The normalized spacial score (nSPS) is 14.7. The van der Waals surface area contributed by atoms with Gasteiger partial charge in [-0.25, -0.2) is 0 Å². The van der Waals surface area contributed by atoms with Gasteiger partial charge in [-0.05, 0) is 18.5 Å². The van der Waals surface area contributed by atoms with Crippen LogP contribution in [0.4, 0.5) is 0 Å². The zero-order chi connectivity index (χ0) is 14.9. The Hall–Kier alpha value is -1.10. The summed E-state index contributed by atoms with van der Waals surface area (Å²) in [6, 6.07) is 10.5. The highest BCUT2D eigenvalue weighted by atomic mass is 35.5. The molecular formula is C17H28ClN3O. The lowest BCUT2D eigenvalue weighted by atomic mass is 10.2. The first-order chi connectivity index (χ1) is 10.3. The molecule has 1 heterocycles. The van der Waals surface area contributed by atoms with Gasteiger partial charge in [0, 0.05) is 45.7 Å². The first kappa shape index (κ1) is 18.9. The van der Waals surface area contributed by atoms with E-state index in [1.165, 1.54) is 5.56 Å². The predicted octanol–water partition coefficient (Wildman–Crippen LogP) is 2.14. The maximum atomic E-state index is 12.2. The second kappa shape index (κ2) is 10.6. The minimum absolute atomic E-state index is 0. The fourth-order valence-electron chi connectivity index (χ4n) is 2.75. The smallest absolute Gasteiger partial charge is 0.223 e. The third-order valence-corrected chi connectivity index (χ3v) is 3.90. The molecule has 0 bridgehead atoms. The molecule has 1 saturated heterocycles. The van der Waals surface area contributed by atoms with Crippen molar-refractivity contribution >= 4 is 18.3 Å². The number of hydrogen-bond acceptors (Lipinski definition) is 3. The summed E-state index contributed by atoms with van der Waals surface area (Å²) in [5, 5.41) is 3.28. The van der Waals surface area contributed by atoms with Gasteiger partial charge in [0.1, 0.15) is 0 Å². The summed E-state index contributed by atoms with van der Waals surface area (Å²) in [6.07, 6.45) is 1.75. The first-order valence-corrected chi connectivity index (χ1v) is 8.04. The van der Waals surface area contributed by atoms with Crippen molar-refractivity contribution in [1.29, 1.82) is 0 Å². The second-order valence-electron chi connectivity index (χ2n) is 5.64. The van der Waals surface area contributed by atoms with Crippen LogP contribution in [0, 0.1) is 0 Å². The minimum Gasteiger partial charge on any atom is -0.340 e. The average Bonchev–Trinajstić information content (AvgIpc) is 2.54. The predicted molar refractivity (Wildman–Crippen MR) is 93.3 cm³/mol. The Morgan fingerprint density at radius 1 is 1.18 bits per heavy atom. The van der Waals surface area contributed by atoms with Crippen LogP contribution in [-0.2, 0) is 11.3 Å². The monoisotopic (exact) mass is 325 g/mol. The molecule has 5 heteroatoms. The number of halogens is 1. The summed E-state index contributed by atoms with van der Waals surface area (Å²) in [4.78, 5) is 16.6. The van der Waals surface area contributed by atoms with E-state index in [9.17, 15) is 4.79 Å². The number of piperazine rings is 1. The van der Waals surface area contributed by atoms with E-state index in [4.69, 9.17) is 0 Å². The second-order valence-corrected chi connectivity index (χ2v) is 5.64. The Balaban J connectivity index is 0.00000242. The fourth-order valence-corrected chi connectivity index (χ4v) is 2.75. The van der Waals surface area contributed by atoms with Crippen LogP contribution in [0.25, 0.3) is 0 Å². The molecule has 2 rings (SSSR count). The minimum atomic E-state index is 0. The maximum absolute atomic E-state index is 12.2. The standard InChI is InChI=1S/C17H27N3O.ClH/c1-2-11-19(15-16-6-4-3-5-7-16)12-8-17(21)20-13-9-18-10-14-20;/h3-7,18H,2,8-15H2,1H3;1H. The van der Waals surface area contributed by atoms with Gasteiger partial charge in [-0.15, -0.1) is 12.4 Å². The zero-order valence-electron chi connectivity index (χ0n) is 13.5. The Labute approximate surface area is 140 Å². The number of amides is 1. The number of carbonyl (C=O) groups is 1. The molecule has 22 heavy (non-hydrogen) atoms. The maximum Gasteiger partial charge on any atom is 0.223 e. The molecule has 1 aromatic rings. The van der Waals surface area contributed by atoms with E-state index >= 15 is 0 Å². The molecule has 1 fully saturated rings. The van der Waals surface area contributed by atoms with Gasteiger partial charge in [0.05, 0.1) is 0 Å². The van der Waals surface area contributed by atoms with Crippen LogP contribution in [0.15, 0.2) is 30.3 Å². The third kappa shape index (κ3) is 6.34. The van der Waals surface area contributed by atoms with Crippen LogP contribution in [-0.4, -0.2) is 55.0 Å². The number of hydrogen-bond donors (Lipinski definition) is 1. The van der Waals surface area contributed by atoms with Crippen molar-refractivity contribution in [3.8, 4) is 0 Å². The van der Waals surface area contributed by atoms with Crippen LogP contribution < -0.4 is 5.32 Å². The molecule has 0 unspecified atom stereocenters. The fraction of sp³-hybridized carbons (Fsp3) is 0.588. The van der Waals surface area contributed by atoms with E-state index in [2.05, 4.69) is 41.4 Å². The molecule has 0 atom stereocenters. The van der Waals surface area contributed by atoms with Crippen molar-refractivity contribution < 1.29 is 4.79 Å². The van der Waals surface area contributed by atoms with E-state index in [0.717, 1.165) is 52.2 Å². The van der Waals surface area contributed by atoms with Crippen LogP contribution in [0.2, 0.25) is 0 Å². The molecular weight excluding hydrogens is 298 g/mol. The van der Waals surface area contributed by atoms with E-state index in [1.807, 2.05) is 11.0 Å². The van der Waals surface area contributed by atoms with Gasteiger partial charge in [0.2, 0.25) is 5.91 Å². The molecule has 0 saturated carbocycles. The highest BCUT2D eigenvalue weighted by molar-refractivity contribution is 5.85. The SMILES string of the molecule is CCCN(CCC(=O)N1CCNCC1)Cc1ccccc1.Cl. The molecule has 0 aromatic heterocycles. The summed E-state index contributed by atoms with van der Waals surface area (Å²) in [7, 11) is 0. The quantitative estimate of drug-likeness (QED) is 0.834. The van der Waals surface area contributed by atoms with Crippen LogP contribution >= 0.6 is 12.4 Å². The molecule has 1 amide bonds. The number of nitrogens with zero attached hydrogens (tertiary/aromatic N) is 2. The van der Waals surface area contributed by atoms with Gasteiger partial charge >= 0.3 is 0 Å². The van der Waals surface area contributed by atoms with Crippen molar-refractivity contribution in [3.05, 3.63) is 35.9 Å². The van der Waals surface area contributed by atoms with Crippen molar-refractivity contribution in [2.45, 2.75) is 26.3 Å². The van der Waals surface area contributed by atoms with E-state index in [0.29, 0.717) is 12.3 Å². The summed E-state index contributed by atoms with van der Waals surface area (Å²) in [6.45, 7) is 8.58. The zero-order valence-corrected chi connectivity index (χ0v) is 14.3. The molecule has 0 aliphatic carbocycles. The van der Waals surface area contributed by atoms with Gasteiger partial charge in [-0.2, -0.15) is 0 Å².